The van der Waals surface area contributed by atoms with Gasteiger partial charge in [0.2, 0.25) is 0 Å². The van der Waals surface area contributed by atoms with Crippen LogP contribution in [0, 0.1) is 52.3 Å². The largest absolute Gasteiger partial charge is 0.376 e. The van der Waals surface area contributed by atoms with Crippen LogP contribution in [0.5, 0.6) is 0 Å². The molecular formula is C31H57IO2S. The normalized spacial score (nSPS) is 41.4. The van der Waals surface area contributed by atoms with E-state index in [4.69, 9.17) is 8.92 Å². The van der Waals surface area contributed by atoms with E-state index in [1.807, 2.05) is 13.8 Å². The van der Waals surface area contributed by atoms with Gasteiger partial charge in [0.05, 0.1) is 28.5 Å². The molecule has 206 valence electrons. The predicted octanol–water partition coefficient (Wildman–Crippen LogP) is 10.5. The number of hydrogen-bond acceptors (Lipinski definition) is 3. The molecule has 0 aromatic carbocycles. The van der Waals surface area contributed by atoms with Crippen molar-refractivity contribution < 1.29 is 8.92 Å². The van der Waals surface area contributed by atoms with Crippen molar-refractivity contribution in [2.45, 2.75) is 132 Å². The van der Waals surface area contributed by atoms with E-state index in [-0.39, 0.29) is 0 Å². The summed E-state index contributed by atoms with van der Waals surface area (Å²) in [6.45, 7) is 18.3. The van der Waals surface area contributed by atoms with E-state index in [0.29, 0.717) is 23.5 Å². The average Bonchev–Trinajstić information content (AvgIpc) is 3.20. The van der Waals surface area contributed by atoms with Crippen molar-refractivity contribution in [2.75, 3.05) is 13.2 Å². The Labute approximate surface area is 235 Å². The highest BCUT2D eigenvalue weighted by Crippen LogP contribution is 2.68. The second-order valence-electron chi connectivity index (χ2n) is 13.3. The molecule has 0 radical (unpaired) electrons. The molecule has 0 spiro atoms. The first kappa shape index (κ1) is 30.5. The summed E-state index contributed by atoms with van der Waals surface area (Å²) in [5, 5.41) is 0. The van der Waals surface area contributed by atoms with Crippen molar-refractivity contribution in [1.29, 1.82) is 0 Å². The zero-order chi connectivity index (χ0) is 25.6. The first-order chi connectivity index (χ1) is 16.8. The first-order valence-electron chi connectivity index (χ1n) is 15.3. The van der Waals surface area contributed by atoms with Crippen LogP contribution in [-0.4, -0.2) is 19.3 Å². The van der Waals surface area contributed by atoms with Crippen molar-refractivity contribution in [3.8, 4) is 0 Å². The zero-order valence-electron chi connectivity index (χ0n) is 24.1. The molecule has 4 aliphatic rings. The Balaban J connectivity index is 0.00000167. The average molecular weight is 621 g/mol. The van der Waals surface area contributed by atoms with E-state index in [1.54, 1.807) is 0 Å². The van der Waals surface area contributed by atoms with Gasteiger partial charge in [0.1, 0.15) is 0 Å². The Bertz CT molecular complexity index is 629. The SMILES string of the molecule is CC.CC(C)CCCC(C)C1CCC2C3CCC4CC(OCCOSI)CCC4(C)C3CCC12C. The van der Waals surface area contributed by atoms with Crippen LogP contribution in [0.4, 0.5) is 0 Å². The summed E-state index contributed by atoms with van der Waals surface area (Å²) < 4.78 is 11.7. The first-order valence-corrected chi connectivity index (χ1v) is 18.6. The smallest absolute Gasteiger partial charge is 0.0857 e. The van der Waals surface area contributed by atoms with Crippen molar-refractivity contribution in [3.63, 3.8) is 0 Å². The Morgan fingerprint density at radius 2 is 1.57 bits per heavy atom. The van der Waals surface area contributed by atoms with Crippen molar-refractivity contribution in [3.05, 3.63) is 0 Å². The van der Waals surface area contributed by atoms with Gasteiger partial charge in [-0.1, -0.05) is 67.7 Å². The van der Waals surface area contributed by atoms with Crippen LogP contribution in [0.25, 0.3) is 0 Å². The maximum atomic E-state index is 6.25. The second-order valence-corrected chi connectivity index (χ2v) is 14.8. The lowest BCUT2D eigenvalue weighted by Gasteiger charge is -2.61. The van der Waals surface area contributed by atoms with Crippen LogP contribution in [0.2, 0.25) is 0 Å². The molecule has 4 aliphatic carbocycles. The van der Waals surface area contributed by atoms with Crippen LogP contribution >= 0.6 is 30.4 Å². The lowest BCUT2D eigenvalue weighted by Crippen LogP contribution is -2.54. The van der Waals surface area contributed by atoms with Gasteiger partial charge in [0, 0.05) is 21.2 Å². The van der Waals surface area contributed by atoms with Gasteiger partial charge in [0.15, 0.2) is 0 Å². The molecule has 4 heteroatoms. The molecule has 0 N–H and O–H groups in total. The predicted molar refractivity (Wildman–Crippen MR) is 162 cm³/mol. The minimum absolute atomic E-state index is 0.471. The van der Waals surface area contributed by atoms with Crippen molar-refractivity contribution in [1.82, 2.24) is 0 Å². The third kappa shape index (κ3) is 6.78. The van der Waals surface area contributed by atoms with Crippen LogP contribution in [0.15, 0.2) is 0 Å². The Kier molecular flexibility index (Phi) is 12.1. The molecule has 9 atom stereocenters. The minimum Gasteiger partial charge on any atom is -0.376 e. The molecule has 0 heterocycles. The van der Waals surface area contributed by atoms with Gasteiger partial charge in [-0.3, -0.25) is 0 Å². The van der Waals surface area contributed by atoms with E-state index in [1.165, 1.54) is 86.3 Å². The quantitative estimate of drug-likeness (QED) is 0.138. The fraction of sp³-hybridized carbons (Fsp3) is 1.00. The Morgan fingerprint density at radius 3 is 2.29 bits per heavy atom. The molecule has 0 aliphatic heterocycles. The van der Waals surface area contributed by atoms with E-state index in [9.17, 15) is 0 Å². The summed E-state index contributed by atoms with van der Waals surface area (Å²) in [5.74, 6) is 6.63. The van der Waals surface area contributed by atoms with Crippen molar-refractivity contribution >= 4 is 30.4 Å². The van der Waals surface area contributed by atoms with Gasteiger partial charge in [0.25, 0.3) is 0 Å². The van der Waals surface area contributed by atoms with Crippen LogP contribution in [-0.2, 0) is 8.92 Å². The number of hydrogen-bond donors (Lipinski definition) is 0. The molecule has 4 fully saturated rings. The highest BCUT2D eigenvalue weighted by atomic mass is 127. The zero-order valence-corrected chi connectivity index (χ0v) is 27.1. The number of fused-ring (bicyclic) bond motifs is 5. The molecule has 0 bridgehead atoms. The van der Waals surface area contributed by atoms with Crippen LogP contribution in [0.1, 0.15) is 126 Å². The fourth-order valence-electron chi connectivity index (χ4n) is 9.67. The molecule has 35 heavy (non-hydrogen) atoms. The highest BCUT2D eigenvalue weighted by Gasteiger charge is 2.60. The van der Waals surface area contributed by atoms with Gasteiger partial charge in [-0.2, -0.15) is 0 Å². The molecule has 0 aromatic rings. The maximum Gasteiger partial charge on any atom is 0.0857 e. The summed E-state index contributed by atoms with van der Waals surface area (Å²) in [5.41, 5.74) is 1.19. The summed E-state index contributed by atoms with van der Waals surface area (Å²) in [6, 6.07) is 0. The molecule has 9 unspecified atom stereocenters. The van der Waals surface area contributed by atoms with E-state index < -0.39 is 0 Å². The minimum atomic E-state index is 0.471. The maximum absolute atomic E-state index is 6.25. The fourth-order valence-corrected chi connectivity index (χ4v) is 10.3. The third-order valence-corrected chi connectivity index (χ3v) is 12.4. The number of halogens is 1. The Hall–Kier alpha value is 1.00. The summed E-state index contributed by atoms with van der Waals surface area (Å²) in [6.07, 6.45) is 17.8. The number of rotatable bonds is 10. The molecule has 0 saturated heterocycles. The third-order valence-electron chi connectivity index (χ3n) is 11.4. The molecule has 4 saturated carbocycles. The van der Waals surface area contributed by atoms with Crippen molar-refractivity contribution in [2.24, 2.45) is 52.3 Å². The monoisotopic (exact) mass is 620 g/mol. The Morgan fingerprint density at radius 1 is 0.857 bits per heavy atom. The lowest BCUT2D eigenvalue weighted by atomic mass is 9.44. The van der Waals surface area contributed by atoms with Crippen LogP contribution < -0.4 is 0 Å². The topological polar surface area (TPSA) is 18.5 Å². The van der Waals surface area contributed by atoms with Gasteiger partial charge in [-0.25, -0.2) is 0 Å². The highest BCUT2D eigenvalue weighted by molar-refractivity contribution is 14.2. The van der Waals surface area contributed by atoms with Gasteiger partial charge in [-0.15, -0.1) is 0 Å². The van der Waals surface area contributed by atoms with Gasteiger partial charge >= 0.3 is 0 Å². The van der Waals surface area contributed by atoms with Crippen LogP contribution in [0.3, 0.4) is 0 Å². The van der Waals surface area contributed by atoms with Gasteiger partial charge < -0.3 is 8.92 Å². The molecule has 0 aromatic heterocycles. The molecule has 0 amide bonds. The lowest BCUT2D eigenvalue weighted by molar-refractivity contribution is -0.137. The van der Waals surface area contributed by atoms with E-state index >= 15 is 0 Å². The summed E-state index contributed by atoms with van der Waals surface area (Å²) >= 11 is 2.19. The molecule has 4 rings (SSSR count). The van der Waals surface area contributed by atoms with Gasteiger partial charge in [-0.05, 0) is 110 Å². The summed E-state index contributed by atoms with van der Waals surface area (Å²) in [4.78, 5) is 0. The second kappa shape index (κ2) is 13.9. The molecular weight excluding hydrogens is 563 g/mol. The summed E-state index contributed by atoms with van der Waals surface area (Å²) in [7, 11) is 1.42. The number of ether oxygens (including phenoxy) is 1. The standard InChI is InChI=1S/C29H51IO2S.C2H6/c1-20(2)7-6-8-21(3)25-11-12-26-24-10-9-22-19-23(31-17-18-32-33-30)13-15-28(22,4)27(24)14-16-29(25,26)5;1-2/h20-27H,6-19H2,1-5H3;1-2H3. The molecule has 2 nitrogen and oxygen atoms in total. The van der Waals surface area contributed by atoms with E-state index in [0.717, 1.165) is 48.0 Å². The van der Waals surface area contributed by atoms with E-state index in [2.05, 4.69) is 55.8 Å².